The van der Waals surface area contributed by atoms with E-state index < -0.39 is 10.0 Å². The predicted molar refractivity (Wildman–Crippen MR) is 72.7 cm³/mol. The summed E-state index contributed by atoms with van der Waals surface area (Å²) in [5.74, 6) is -0.0593. The van der Waals surface area contributed by atoms with Crippen LogP contribution in [0.2, 0.25) is 0 Å². The van der Waals surface area contributed by atoms with Gasteiger partial charge in [0.1, 0.15) is 0 Å². The third kappa shape index (κ3) is 3.18. The third-order valence-electron chi connectivity index (χ3n) is 2.20. The Labute approximate surface area is 109 Å². The van der Waals surface area contributed by atoms with Crippen molar-refractivity contribution < 1.29 is 13.2 Å². The average Bonchev–Trinajstić information content (AvgIpc) is 2.80. The van der Waals surface area contributed by atoms with Gasteiger partial charge >= 0.3 is 0 Å². The normalized spacial score (nSPS) is 11.2. The largest absolute Gasteiger partial charge is 0.288 e. The Morgan fingerprint density at radius 2 is 1.83 bits per heavy atom. The van der Waals surface area contributed by atoms with Gasteiger partial charge in [0.25, 0.3) is 0 Å². The molecule has 4 nitrogen and oxygen atoms in total. The number of rotatable bonds is 4. The molecule has 0 radical (unpaired) electrons. The van der Waals surface area contributed by atoms with Crippen molar-refractivity contribution in [1.82, 2.24) is 0 Å². The van der Waals surface area contributed by atoms with Gasteiger partial charge in [-0.05, 0) is 35.7 Å². The lowest BCUT2D eigenvalue weighted by Crippen LogP contribution is -2.09. The SMILES string of the molecule is CS(=O)(=O)Nc1ccc(C(=O)c2cccs2)cc1. The first-order chi connectivity index (χ1) is 8.46. The molecule has 2 rings (SSSR count). The number of carbonyl (C=O) groups is 1. The number of ketones is 1. The summed E-state index contributed by atoms with van der Waals surface area (Å²) in [5, 5.41) is 1.84. The number of sulfonamides is 1. The molecule has 1 aromatic heterocycles. The maximum atomic E-state index is 12.0. The molecule has 0 bridgehead atoms. The molecule has 0 fully saturated rings. The molecule has 0 amide bonds. The third-order valence-corrected chi connectivity index (χ3v) is 3.67. The fraction of sp³-hybridized carbons (Fsp3) is 0.0833. The lowest BCUT2D eigenvalue weighted by Gasteiger charge is -2.04. The van der Waals surface area contributed by atoms with Gasteiger partial charge in [0, 0.05) is 11.3 Å². The van der Waals surface area contributed by atoms with Crippen LogP contribution >= 0.6 is 11.3 Å². The molecular weight excluding hydrogens is 270 g/mol. The second-order valence-corrected chi connectivity index (χ2v) is 6.45. The molecule has 0 saturated heterocycles. The zero-order valence-electron chi connectivity index (χ0n) is 9.58. The minimum Gasteiger partial charge on any atom is -0.288 e. The number of nitrogens with one attached hydrogen (secondary N) is 1. The molecule has 2 aromatic rings. The lowest BCUT2D eigenvalue weighted by atomic mass is 10.1. The Bertz CT molecular complexity index is 643. The number of hydrogen-bond acceptors (Lipinski definition) is 4. The zero-order valence-corrected chi connectivity index (χ0v) is 11.2. The molecule has 1 N–H and O–H groups in total. The van der Waals surface area contributed by atoms with Crippen molar-refractivity contribution in [2.75, 3.05) is 11.0 Å². The van der Waals surface area contributed by atoms with Crippen LogP contribution in [0, 0.1) is 0 Å². The van der Waals surface area contributed by atoms with Crippen LogP contribution in [0.5, 0.6) is 0 Å². The van der Waals surface area contributed by atoms with E-state index in [4.69, 9.17) is 0 Å². The first-order valence-corrected chi connectivity index (χ1v) is 7.89. The molecule has 18 heavy (non-hydrogen) atoms. The number of carbonyl (C=O) groups excluding carboxylic acids is 1. The van der Waals surface area contributed by atoms with Gasteiger partial charge in [0.15, 0.2) is 0 Å². The van der Waals surface area contributed by atoms with Crippen LogP contribution in [-0.4, -0.2) is 20.5 Å². The summed E-state index contributed by atoms with van der Waals surface area (Å²) in [4.78, 5) is 12.6. The van der Waals surface area contributed by atoms with E-state index in [1.807, 2.05) is 11.4 Å². The van der Waals surface area contributed by atoms with Gasteiger partial charge in [-0.1, -0.05) is 6.07 Å². The molecular formula is C12H11NO3S2. The van der Waals surface area contributed by atoms with Gasteiger partial charge in [-0.3, -0.25) is 9.52 Å². The summed E-state index contributed by atoms with van der Waals surface area (Å²) in [6, 6.07) is 9.93. The fourth-order valence-corrected chi connectivity index (χ4v) is 2.70. The van der Waals surface area contributed by atoms with Crippen LogP contribution in [0.4, 0.5) is 5.69 Å². The predicted octanol–water partition coefficient (Wildman–Crippen LogP) is 2.35. The molecule has 0 saturated carbocycles. The number of hydrogen-bond donors (Lipinski definition) is 1. The van der Waals surface area contributed by atoms with Crippen molar-refractivity contribution >= 4 is 32.8 Å². The van der Waals surface area contributed by atoms with Crippen LogP contribution in [0.1, 0.15) is 15.2 Å². The molecule has 0 atom stereocenters. The van der Waals surface area contributed by atoms with Crippen molar-refractivity contribution in [3.05, 3.63) is 52.2 Å². The Morgan fingerprint density at radius 3 is 2.33 bits per heavy atom. The molecule has 0 aliphatic heterocycles. The summed E-state index contributed by atoms with van der Waals surface area (Å²) in [7, 11) is -3.29. The molecule has 1 heterocycles. The van der Waals surface area contributed by atoms with Gasteiger partial charge < -0.3 is 0 Å². The van der Waals surface area contributed by atoms with E-state index in [0.29, 0.717) is 16.1 Å². The van der Waals surface area contributed by atoms with Gasteiger partial charge in [-0.15, -0.1) is 11.3 Å². The summed E-state index contributed by atoms with van der Waals surface area (Å²) in [5.41, 5.74) is 0.983. The molecule has 1 aromatic carbocycles. The van der Waals surface area contributed by atoms with Gasteiger partial charge in [-0.2, -0.15) is 0 Å². The van der Waals surface area contributed by atoms with E-state index in [0.717, 1.165) is 6.26 Å². The second-order valence-electron chi connectivity index (χ2n) is 3.76. The standard InChI is InChI=1S/C12H11NO3S2/c1-18(15,16)13-10-6-4-9(5-7-10)12(14)11-3-2-8-17-11/h2-8,13H,1H3. The molecule has 0 spiro atoms. The van der Waals surface area contributed by atoms with Crippen LogP contribution in [0.15, 0.2) is 41.8 Å². The Morgan fingerprint density at radius 1 is 1.17 bits per heavy atom. The van der Waals surface area contributed by atoms with Crippen molar-refractivity contribution in [3.8, 4) is 0 Å². The van der Waals surface area contributed by atoms with Crippen molar-refractivity contribution in [3.63, 3.8) is 0 Å². The Balaban J connectivity index is 2.20. The van der Waals surface area contributed by atoms with E-state index in [-0.39, 0.29) is 5.78 Å². The molecule has 0 unspecified atom stereocenters. The number of anilines is 1. The summed E-state index contributed by atoms with van der Waals surface area (Å²) in [6.45, 7) is 0. The highest BCUT2D eigenvalue weighted by atomic mass is 32.2. The van der Waals surface area contributed by atoms with Crippen molar-refractivity contribution in [2.24, 2.45) is 0 Å². The summed E-state index contributed by atoms with van der Waals surface area (Å²) >= 11 is 1.38. The fourth-order valence-electron chi connectivity index (χ4n) is 1.45. The van der Waals surface area contributed by atoms with E-state index in [9.17, 15) is 13.2 Å². The first kappa shape index (κ1) is 12.8. The molecule has 6 heteroatoms. The lowest BCUT2D eigenvalue weighted by molar-refractivity contribution is 0.104. The van der Waals surface area contributed by atoms with Crippen molar-refractivity contribution in [2.45, 2.75) is 0 Å². The number of thiophene rings is 1. The van der Waals surface area contributed by atoms with Gasteiger partial charge in [0.05, 0.1) is 11.1 Å². The number of benzene rings is 1. The molecule has 0 aliphatic rings. The topological polar surface area (TPSA) is 63.2 Å². The second kappa shape index (κ2) is 4.91. The summed E-state index contributed by atoms with van der Waals surface area (Å²) in [6.07, 6.45) is 1.08. The Hall–Kier alpha value is -1.66. The Kier molecular flexibility index (Phi) is 3.49. The van der Waals surface area contributed by atoms with Crippen LogP contribution in [0.3, 0.4) is 0 Å². The maximum Gasteiger partial charge on any atom is 0.229 e. The smallest absolute Gasteiger partial charge is 0.229 e. The first-order valence-electron chi connectivity index (χ1n) is 5.12. The quantitative estimate of drug-likeness (QED) is 0.875. The highest BCUT2D eigenvalue weighted by molar-refractivity contribution is 7.92. The average molecular weight is 281 g/mol. The van der Waals surface area contributed by atoms with Gasteiger partial charge in [-0.25, -0.2) is 8.42 Å². The van der Waals surface area contributed by atoms with E-state index in [1.165, 1.54) is 11.3 Å². The molecule has 94 valence electrons. The minimum absolute atomic E-state index is 0.0593. The minimum atomic E-state index is -3.29. The highest BCUT2D eigenvalue weighted by Crippen LogP contribution is 2.17. The zero-order chi connectivity index (χ0) is 13.2. The van der Waals surface area contributed by atoms with Crippen LogP contribution in [0.25, 0.3) is 0 Å². The maximum absolute atomic E-state index is 12.0. The highest BCUT2D eigenvalue weighted by Gasteiger charge is 2.10. The van der Waals surface area contributed by atoms with Crippen molar-refractivity contribution in [1.29, 1.82) is 0 Å². The van der Waals surface area contributed by atoms with Gasteiger partial charge in [0.2, 0.25) is 15.8 Å². The molecule has 0 aliphatic carbocycles. The van der Waals surface area contributed by atoms with Crippen LogP contribution < -0.4 is 4.72 Å². The van der Waals surface area contributed by atoms with E-state index >= 15 is 0 Å². The summed E-state index contributed by atoms with van der Waals surface area (Å²) < 4.78 is 24.4. The monoisotopic (exact) mass is 281 g/mol. The van der Waals surface area contributed by atoms with Crippen LogP contribution in [-0.2, 0) is 10.0 Å². The van der Waals surface area contributed by atoms with E-state index in [1.54, 1.807) is 30.3 Å². The van der Waals surface area contributed by atoms with E-state index in [2.05, 4.69) is 4.72 Å².